The molecule has 2 aromatic carbocycles. The van der Waals surface area contributed by atoms with Crippen LogP contribution in [0.3, 0.4) is 0 Å². The van der Waals surface area contributed by atoms with Crippen molar-refractivity contribution in [3.63, 3.8) is 0 Å². The van der Waals surface area contributed by atoms with E-state index in [1.807, 2.05) is 23.6 Å². The Balaban J connectivity index is 1.79. The summed E-state index contributed by atoms with van der Waals surface area (Å²) in [6, 6.07) is 8.30. The molecule has 1 heterocycles. The topological polar surface area (TPSA) is 117 Å². The van der Waals surface area contributed by atoms with E-state index in [1.165, 1.54) is 43.9 Å². The van der Waals surface area contributed by atoms with Crippen molar-refractivity contribution in [1.82, 2.24) is 4.98 Å². The van der Waals surface area contributed by atoms with E-state index >= 15 is 0 Å². The number of nitrogens with one attached hydrogen (secondary N) is 1. The number of thiazole rings is 1. The van der Waals surface area contributed by atoms with Gasteiger partial charge in [0.25, 0.3) is 0 Å². The summed E-state index contributed by atoms with van der Waals surface area (Å²) in [6.07, 6.45) is 1.42. The minimum Gasteiger partial charge on any atom is -0.496 e. The molecular formula is C20H20N4O6S. The Morgan fingerprint density at radius 2 is 1.71 bits per heavy atom. The summed E-state index contributed by atoms with van der Waals surface area (Å²) in [5.74, 6) is 1.73. The molecule has 3 rings (SSSR count). The number of ether oxygens (including phenoxy) is 4. The summed E-state index contributed by atoms with van der Waals surface area (Å²) < 4.78 is 20.9. The predicted octanol–water partition coefficient (Wildman–Crippen LogP) is 4.20. The zero-order valence-corrected chi connectivity index (χ0v) is 18.1. The molecule has 0 saturated carbocycles. The summed E-state index contributed by atoms with van der Waals surface area (Å²) in [6.45, 7) is 0. The molecule has 1 aromatic heterocycles. The first-order valence-corrected chi connectivity index (χ1v) is 9.76. The van der Waals surface area contributed by atoms with Crippen molar-refractivity contribution in [2.45, 2.75) is 0 Å². The summed E-state index contributed by atoms with van der Waals surface area (Å²) in [7, 11) is 5.96. The molecule has 3 aromatic rings. The molecule has 0 unspecified atom stereocenters. The Labute approximate surface area is 182 Å². The number of hydrogen-bond acceptors (Lipinski definition) is 10. The number of hydrogen-bond donors (Lipinski definition) is 1. The van der Waals surface area contributed by atoms with Gasteiger partial charge in [-0.1, -0.05) is 0 Å². The van der Waals surface area contributed by atoms with Gasteiger partial charge in [0.2, 0.25) is 10.9 Å². The molecule has 11 heteroatoms. The highest BCUT2D eigenvalue weighted by Gasteiger charge is 2.19. The molecule has 0 atom stereocenters. The van der Waals surface area contributed by atoms with E-state index < -0.39 is 4.92 Å². The van der Waals surface area contributed by atoms with Gasteiger partial charge in [0, 0.05) is 28.6 Å². The lowest BCUT2D eigenvalue weighted by atomic mass is 10.1. The third kappa shape index (κ3) is 4.83. The lowest BCUT2D eigenvalue weighted by Crippen LogP contribution is -1.99. The molecule has 0 radical (unpaired) electrons. The Kier molecular flexibility index (Phi) is 6.88. The van der Waals surface area contributed by atoms with Crippen molar-refractivity contribution in [3.8, 4) is 34.3 Å². The summed E-state index contributed by atoms with van der Waals surface area (Å²) in [5, 5.41) is 17.8. The van der Waals surface area contributed by atoms with Crippen molar-refractivity contribution in [2.75, 3.05) is 33.9 Å². The molecule has 0 bridgehead atoms. The number of nitro benzene ring substituents is 1. The first-order valence-electron chi connectivity index (χ1n) is 8.88. The van der Waals surface area contributed by atoms with Crippen LogP contribution in [-0.4, -0.2) is 44.6 Å². The van der Waals surface area contributed by atoms with Crippen LogP contribution >= 0.6 is 11.3 Å². The minimum atomic E-state index is -0.528. The second-order valence-electron chi connectivity index (χ2n) is 6.00. The molecule has 31 heavy (non-hydrogen) atoms. The molecule has 0 spiro atoms. The molecule has 10 nitrogen and oxygen atoms in total. The number of nitro groups is 1. The Bertz CT molecular complexity index is 1120. The largest absolute Gasteiger partial charge is 0.496 e. The van der Waals surface area contributed by atoms with Crippen molar-refractivity contribution in [2.24, 2.45) is 5.10 Å². The second kappa shape index (κ2) is 9.76. The summed E-state index contributed by atoms with van der Waals surface area (Å²) >= 11 is 1.36. The van der Waals surface area contributed by atoms with E-state index in [1.54, 1.807) is 14.2 Å². The zero-order chi connectivity index (χ0) is 22.4. The minimum absolute atomic E-state index is 0.103. The highest BCUT2D eigenvalue weighted by Crippen LogP contribution is 2.35. The van der Waals surface area contributed by atoms with Gasteiger partial charge in [-0.3, -0.25) is 15.5 Å². The average Bonchev–Trinajstić information content (AvgIpc) is 3.26. The SMILES string of the molecule is COc1cc(OC)c([N+](=O)[O-])cc1/C=N\Nc1nc(-c2ccc(OC)c(OC)c2)cs1. The predicted molar refractivity (Wildman–Crippen MR) is 118 cm³/mol. The van der Waals surface area contributed by atoms with E-state index in [2.05, 4.69) is 15.5 Å². The van der Waals surface area contributed by atoms with Crippen LogP contribution in [0.4, 0.5) is 10.8 Å². The molecule has 162 valence electrons. The third-order valence-corrected chi connectivity index (χ3v) is 5.02. The van der Waals surface area contributed by atoms with Crippen LogP contribution < -0.4 is 24.4 Å². The second-order valence-corrected chi connectivity index (χ2v) is 6.86. The van der Waals surface area contributed by atoms with E-state index in [4.69, 9.17) is 18.9 Å². The van der Waals surface area contributed by atoms with Gasteiger partial charge in [-0.2, -0.15) is 5.10 Å². The molecule has 0 saturated heterocycles. The van der Waals surface area contributed by atoms with E-state index in [0.29, 0.717) is 27.9 Å². The maximum absolute atomic E-state index is 11.3. The number of methoxy groups -OCH3 is 4. The molecule has 0 aliphatic carbocycles. The average molecular weight is 444 g/mol. The van der Waals surface area contributed by atoms with Crippen LogP contribution in [0, 0.1) is 10.1 Å². The van der Waals surface area contributed by atoms with Gasteiger partial charge < -0.3 is 18.9 Å². The molecular weight excluding hydrogens is 424 g/mol. The van der Waals surface area contributed by atoms with Gasteiger partial charge in [-0.05, 0) is 18.2 Å². The van der Waals surface area contributed by atoms with Crippen LogP contribution in [0.15, 0.2) is 40.8 Å². The van der Waals surface area contributed by atoms with Crippen LogP contribution in [0.5, 0.6) is 23.0 Å². The number of benzene rings is 2. The third-order valence-electron chi connectivity index (χ3n) is 4.28. The number of aromatic nitrogens is 1. The van der Waals surface area contributed by atoms with E-state index in [9.17, 15) is 10.1 Å². The highest BCUT2D eigenvalue weighted by molar-refractivity contribution is 7.14. The highest BCUT2D eigenvalue weighted by atomic mass is 32.1. The number of hydrazone groups is 1. The Hall–Kier alpha value is -3.86. The van der Waals surface area contributed by atoms with Gasteiger partial charge in [0.15, 0.2) is 11.5 Å². The Morgan fingerprint density at radius 3 is 2.35 bits per heavy atom. The number of nitrogens with zero attached hydrogens (tertiary/aromatic N) is 3. The maximum atomic E-state index is 11.3. The van der Waals surface area contributed by atoms with Crippen molar-refractivity contribution in [1.29, 1.82) is 0 Å². The fourth-order valence-electron chi connectivity index (χ4n) is 2.76. The van der Waals surface area contributed by atoms with Crippen LogP contribution in [0.25, 0.3) is 11.3 Å². The molecule has 0 aliphatic heterocycles. The lowest BCUT2D eigenvalue weighted by molar-refractivity contribution is -0.385. The number of rotatable bonds is 9. The zero-order valence-electron chi connectivity index (χ0n) is 17.2. The van der Waals surface area contributed by atoms with E-state index in [0.717, 1.165) is 11.3 Å². The fraction of sp³-hybridized carbons (Fsp3) is 0.200. The molecule has 0 amide bonds. The van der Waals surface area contributed by atoms with Gasteiger partial charge in [0.1, 0.15) is 5.75 Å². The fourth-order valence-corrected chi connectivity index (χ4v) is 3.43. The first-order chi connectivity index (χ1) is 15.0. The quantitative estimate of drug-likeness (QED) is 0.296. The van der Waals surface area contributed by atoms with Gasteiger partial charge >= 0.3 is 5.69 Å². The molecule has 0 aliphatic rings. The van der Waals surface area contributed by atoms with Crippen molar-refractivity contribution >= 4 is 28.4 Å². The van der Waals surface area contributed by atoms with Crippen LogP contribution in [0.1, 0.15) is 5.56 Å². The Morgan fingerprint density at radius 1 is 1.00 bits per heavy atom. The molecule has 0 fully saturated rings. The number of anilines is 1. The summed E-state index contributed by atoms with van der Waals surface area (Å²) in [5.41, 5.74) is 4.65. The first kappa shape index (κ1) is 21.8. The molecule has 1 N–H and O–H groups in total. The van der Waals surface area contributed by atoms with Gasteiger partial charge in [-0.25, -0.2) is 4.98 Å². The maximum Gasteiger partial charge on any atom is 0.311 e. The standard InChI is InChI=1S/C20H20N4O6S/c1-27-16-6-5-12(8-19(16)30-4)14-11-31-20(22-14)23-21-10-13-7-15(24(25)26)18(29-3)9-17(13)28-2/h5-11H,1-4H3,(H,22,23)/b21-10-. The monoisotopic (exact) mass is 444 g/mol. The van der Waals surface area contributed by atoms with Crippen molar-refractivity contribution < 1.29 is 23.9 Å². The lowest BCUT2D eigenvalue weighted by Gasteiger charge is -2.08. The smallest absolute Gasteiger partial charge is 0.311 e. The van der Waals surface area contributed by atoms with Crippen LogP contribution in [0.2, 0.25) is 0 Å². The van der Waals surface area contributed by atoms with Gasteiger partial charge in [-0.15, -0.1) is 11.3 Å². The normalized spacial score (nSPS) is 10.7. The van der Waals surface area contributed by atoms with Crippen molar-refractivity contribution in [3.05, 3.63) is 51.4 Å². The van der Waals surface area contributed by atoms with Gasteiger partial charge in [0.05, 0.1) is 45.3 Å². The summed E-state index contributed by atoms with van der Waals surface area (Å²) in [4.78, 5) is 15.2. The van der Waals surface area contributed by atoms with Crippen LogP contribution in [-0.2, 0) is 0 Å². The van der Waals surface area contributed by atoms with E-state index in [-0.39, 0.29) is 11.4 Å².